The van der Waals surface area contributed by atoms with Crippen LogP contribution in [0.25, 0.3) is 0 Å². The second kappa shape index (κ2) is 4.77. The molecule has 3 heteroatoms. The summed E-state index contributed by atoms with van der Waals surface area (Å²) in [6.45, 7) is 12.0. The Labute approximate surface area is 109 Å². The van der Waals surface area contributed by atoms with E-state index in [1.54, 1.807) is 6.07 Å². The molecule has 0 bridgehead atoms. The summed E-state index contributed by atoms with van der Waals surface area (Å²) in [5.41, 5.74) is -0.480. The summed E-state index contributed by atoms with van der Waals surface area (Å²) in [5.74, 6) is 1.43. The lowest BCUT2D eigenvalue weighted by molar-refractivity contribution is 0.125. The van der Waals surface area contributed by atoms with Crippen LogP contribution in [-0.4, -0.2) is 11.2 Å². The summed E-state index contributed by atoms with van der Waals surface area (Å²) < 4.78 is 11.5. The molecule has 1 rings (SSSR count). The van der Waals surface area contributed by atoms with E-state index in [-0.39, 0.29) is 11.2 Å². The number of hydrogen-bond donors (Lipinski definition) is 0. The van der Waals surface area contributed by atoms with Crippen molar-refractivity contribution in [2.24, 2.45) is 0 Å². The van der Waals surface area contributed by atoms with Gasteiger partial charge in [-0.3, -0.25) is 0 Å². The van der Waals surface area contributed by atoms with Crippen LogP contribution in [0.3, 0.4) is 0 Å². The molecule has 0 aromatic heterocycles. The fraction of sp³-hybridized carbons (Fsp3) is 0.571. The van der Waals surface area contributed by atoms with Gasteiger partial charge in [0.2, 0.25) is 0 Å². The van der Waals surface area contributed by atoms with Gasteiger partial charge in [-0.1, -0.05) is 11.6 Å². The van der Waals surface area contributed by atoms with Crippen LogP contribution in [0.2, 0.25) is 5.02 Å². The van der Waals surface area contributed by atoms with Gasteiger partial charge in [0.1, 0.15) is 22.7 Å². The summed E-state index contributed by atoms with van der Waals surface area (Å²) in [7, 11) is 0. The Morgan fingerprint density at radius 1 is 0.882 bits per heavy atom. The maximum Gasteiger partial charge on any atom is 0.138 e. The highest BCUT2D eigenvalue weighted by atomic mass is 35.5. The molecule has 0 amide bonds. The van der Waals surface area contributed by atoms with Gasteiger partial charge < -0.3 is 9.47 Å². The molecule has 0 saturated heterocycles. The summed E-state index contributed by atoms with van der Waals surface area (Å²) in [6, 6.07) is 5.50. The van der Waals surface area contributed by atoms with Crippen molar-refractivity contribution < 1.29 is 9.47 Å². The van der Waals surface area contributed by atoms with Crippen LogP contribution in [0.1, 0.15) is 41.5 Å². The molecule has 0 N–H and O–H groups in total. The first-order valence-electron chi connectivity index (χ1n) is 5.74. The Bertz CT molecular complexity index is 386. The topological polar surface area (TPSA) is 18.5 Å². The Balaban J connectivity index is 2.87. The lowest BCUT2D eigenvalue weighted by Crippen LogP contribution is -2.24. The number of rotatable bonds is 2. The van der Waals surface area contributed by atoms with Crippen molar-refractivity contribution in [3.05, 3.63) is 23.2 Å². The number of ether oxygens (including phenoxy) is 2. The minimum absolute atomic E-state index is 0.226. The maximum absolute atomic E-state index is 6.16. The number of halogens is 1. The number of hydrogen-bond acceptors (Lipinski definition) is 2. The highest BCUT2D eigenvalue weighted by Crippen LogP contribution is 2.32. The van der Waals surface area contributed by atoms with Gasteiger partial charge in [0.15, 0.2) is 0 Å². The quantitative estimate of drug-likeness (QED) is 0.764. The lowest BCUT2D eigenvalue weighted by Gasteiger charge is -2.24. The third-order valence-electron chi connectivity index (χ3n) is 1.74. The molecule has 0 aliphatic carbocycles. The highest BCUT2D eigenvalue weighted by Gasteiger charge is 2.16. The van der Waals surface area contributed by atoms with Crippen molar-refractivity contribution >= 4 is 11.6 Å². The molecule has 0 aliphatic rings. The van der Waals surface area contributed by atoms with E-state index >= 15 is 0 Å². The minimum Gasteiger partial charge on any atom is -0.488 e. The van der Waals surface area contributed by atoms with Crippen LogP contribution >= 0.6 is 11.6 Å². The summed E-state index contributed by atoms with van der Waals surface area (Å²) in [4.78, 5) is 0. The summed E-state index contributed by atoms with van der Waals surface area (Å²) >= 11 is 6.16. The van der Waals surface area contributed by atoms with Gasteiger partial charge in [-0.15, -0.1) is 0 Å². The molecule has 0 heterocycles. The van der Waals surface area contributed by atoms with Gasteiger partial charge in [-0.05, 0) is 53.7 Å². The zero-order valence-electron chi connectivity index (χ0n) is 11.4. The van der Waals surface area contributed by atoms with Gasteiger partial charge >= 0.3 is 0 Å². The fourth-order valence-electron chi connectivity index (χ4n) is 1.31. The first kappa shape index (κ1) is 14.2. The molecule has 0 atom stereocenters. The summed E-state index contributed by atoms with van der Waals surface area (Å²) in [5, 5.41) is 0.571. The van der Waals surface area contributed by atoms with E-state index in [0.29, 0.717) is 10.8 Å². The molecule has 1 aromatic carbocycles. The standard InChI is InChI=1S/C14H21ClO2/c1-13(2,3)16-10-7-8-12(11(15)9-10)17-14(4,5)6/h7-9H,1-6H3. The first-order chi connectivity index (χ1) is 7.57. The van der Waals surface area contributed by atoms with Crippen LogP contribution in [0, 0.1) is 0 Å². The second-order valence-electron chi connectivity index (χ2n) is 6.02. The molecule has 0 unspecified atom stereocenters. The zero-order chi connectivity index (χ0) is 13.3. The smallest absolute Gasteiger partial charge is 0.138 e. The monoisotopic (exact) mass is 256 g/mol. The molecule has 0 saturated carbocycles. The van der Waals surface area contributed by atoms with Crippen molar-refractivity contribution in [2.45, 2.75) is 52.7 Å². The Morgan fingerprint density at radius 3 is 1.82 bits per heavy atom. The third-order valence-corrected chi connectivity index (χ3v) is 2.04. The van der Waals surface area contributed by atoms with Crippen LogP contribution in [0.5, 0.6) is 11.5 Å². The average molecular weight is 257 g/mol. The van der Waals surface area contributed by atoms with Crippen molar-refractivity contribution in [2.75, 3.05) is 0 Å². The van der Waals surface area contributed by atoms with Crippen LogP contribution < -0.4 is 9.47 Å². The van der Waals surface area contributed by atoms with E-state index in [0.717, 1.165) is 5.75 Å². The van der Waals surface area contributed by atoms with Crippen molar-refractivity contribution in [3.63, 3.8) is 0 Å². The third kappa shape index (κ3) is 5.31. The predicted molar refractivity (Wildman–Crippen MR) is 72.2 cm³/mol. The van der Waals surface area contributed by atoms with Crippen molar-refractivity contribution in [3.8, 4) is 11.5 Å². The first-order valence-corrected chi connectivity index (χ1v) is 6.12. The predicted octanol–water partition coefficient (Wildman–Crippen LogP) is 4.69. The van der Waals surface area contributed by atoms with Gasteiger partial charge in [0, 0.05) is 6.07 Å². The normalized spacial score (nSPS) is 12.4. The van der Waals surface area contributed by atoms with Gasteiger partial charge in [0.05, 0.1) is 5.02 Å². The largest absolute Gasteiger partial charge is 0.488 e. The van der Waals surface area contributed by atoms with Crippen LogP contribution in [0.4, 0.5) is 0 Å². The molecule has 1 aromatic rings. The molecular formula is C14H21ClO2. The van der Waals surface area contributed by atoms with Gasteiger partial charge in [-0.25, -0.2) is 0 Å². The molecule has 0 spiro atoms. The van der Waals surface area contributed by atoms with E-state index < -0.39 is 0 Å². The van der Waals surface area contributed by atoms with Crippen LogP contribution in [0.15, 0.2) is 18.2 Å². The fourth-order valence-corrected chi connectivity index (χ4v) is 1.52. The van der Waals surface area contributed by atoms with Crippen molar-refractivity contribution in [1.29, 1.82) is 0 Å². The number of benzene rings is 1. The van der Waals surface area contributed by atoms with E-state index in [4.69, 9.17) is 21.1 Å². The van der Waals surface area contributed by atoms with Crippen LogP contribution in [-0.2, 0) is 0 Å². The van der Waals surface area contributed by atoms with Gasteiger partial charge in [-0.2, -0.15) is 0 Å². The zero-order valence-corrected chi connectivity index (χ0v) is 12.2. The van der Waals surface area contributed by atoms with Crippen molar-refractivity contribution in [1.82, 2.24) is 0 Å². The molecular weight excluding hydrogens is 236 g/mol. The second-order valence-corrected chi connectivity index (χ2v) is 6.43. The Hall–Kier alpha value is -0.890. The Kier molecular flexibility index (Phi) is 3.98. The molecule has 0 aliphatic heterocycles. The summed E-state index contributed by atoms with van der Waals surface area (Å²) in [6.07, 6.45) is 0. The SMILES string of the molecule is CC(C)(C)Oc1ccc(OC(C)(C)C)c(Cl)c1. The van der Waals surface area contributed by atoms with E-state index in [9.17, 15) is 0 Å². The molecule has 0 radical (unpaired) electrons. The van der Waals surface area contributed by atoms with E-state index in [1.165, 1.54) is 0 Å². The lowest BCUT2D eigenvalue weighted by atomic mass is 10.2. The molecule has 17 heavy (non-hydrogen) atoms. The molecule has 0 fully saturated rings. The molecule has 2 nitrogen and oxygen atoms in total. The minimum atomic E-state index is -0.254. The Morgan fingerprint density at radius 2 is 1.41 bits per heavy atom. The van der Waals surface area contributed by atoms with E-state index in [2.05, 4.69) is 0 Å². The van der Waals surface area contributed by atoms with Gasteiger partial charge in [0.25, 0.3) is 0 Å². The molecule has 96 valence electrons. The highest BCUT2D eigenvalue weighted by molar-refractivity contribution is 6.32. The average Bonchev–Trinajstić information content (AvgIpc) is 2.05. The van der Waals surface area contributed by atoms with E-state index in [1.807, 2.05) is 53.7 Å². The maximum atomic E-state index is 6.16.